The van der Waals surface area contributed by atoms with Crippen molar-refractivity contribution in [3.05, 3.63) is 56.2 Å². The van der Waals surface area contributed by atoms with Gasteiger partial charge < -0.3 is 5.32 Å². The molecule has 1 nitrogen and oxygen atoms in total. The molecule has 96 valence electrons. The smallest absolute Gasteiger partial charge is 0.0992 e. The maximum Gasteiger partial charge on any atom is 0.0992 e. The van der Waals surface area contributed by atoms with E-state index < -0.39 is 0 Å². The number of rotatable bonds is 4. The summed E-state index contributed by atoms with van der Waals surface area (Å²) < 4.78 is 1.50. The van der Waals surface area contributed by atoms with E-state index in [4.69, 9.17) is 23.2 Å². The minimum Gasteiger partial charge on any atom is -0.312 e. The lowest BCUT2D eigenvalue weighted by atomic mass is 9.90. The third-order valence-corrected chi connectivity index (χ3v) is 4.67. The van der Waals surface area contributed by atoms with Crippen molar-refractivity contribution in [2.75, 3.05) is 7.05 Å². The van der Waals surface area contributed by atoms with Gasteiger partial charge in [-0.05, 0) is 18.7 Å². The van der Waals surface area contributed by atoms with Gasteiger partial charge in [0, 0.05) is 17.5 Å². The number of hydrogen-bond donors (Lipinski definition) is 1. The standard InChI is InChI=1S/C14H15Cl2NS/c1-9(10-6-4-3-5-7-10)13(17-2)11-8-12(15)18-14(11)16/h3-9,13,17H,1-2H3. The van der Waals surface area contributed by atoms with Crippen molar-refractivity contribution >= 4 is 34.5 Å². The van der Waals surface area contributed by atoms with Crippen molar-refractivity contribution in [2.24, 2.45) is 0 Å². The normalized spacial score (nSPS) is 14.4. The van der Waals surface area contributed by atoms with E-state index in [2.05, 4.69) is 36.5 Å². The Hall–Kier alpha value is -0.540. The highest BCUT2D eigenvalue weighted by atomic mass is 35.5. The fourth-order valence-corrected chi connectivity index (χ4v) is 3.74. The first kappa shape index (κ1) is 13.9. The van der Waals surface area contributed by atoms with Gasteiger partial charge in [0.1, 0.15) is 0 Å². The molecule has 1 aromatic carbocycles. The lowest BCUT2D eigenvalue weighted by molar-refractivity contribution is 0.509. The molecule has 2 unspecified atom stereocenters. The minimum atomic E-state index is 0.170. The van der Waals surface area contributed by atoms with E-state index in [0.717, 1.165) is 14.2 Å². The van der Waals surface area contributed by atoms with Crippen molar-refractivity contribution in [3.8, 4) is 0 Å². The van der Waals surface area contributed by atoms with Crippen LogP contribution in [0.2, 0.25) is 8.67 Å². The first-order valence-corrected chi connectivity index (χ1v) is 7.37. The highest BCUT2D eigenvalue weighted by Crippen LogP contribution is 2.40. The summed E-state index contributed by atoms with van der Waals surface area (Å²) in [6.45, 7) is 2.19. The topological polar surface area (TPSA) is 12.0 Å². The molecule has 0 aliphatic rings. The van der Waals surface area contributed by atoms with Crippen LogP contribution in [0.15, 0.2) is 36.4 Å². The predicted octanol–water partition coefficient (Wildman–Crippen LogP) is 5.12. The van der Waals surface area contributed by atoms with Gasteiger partial charge in [0.15, 0.2) is 0 Å². The largest absolute Gasteiger partial charge is 0.312 e. The van der Waals surface area contributed by atoms with Crippen LogP contribution in [-0.4, -0.2) is 7.05 Å². The number of likely N-dealkylation sites (N-methyl/N-ethyl adjacent to an activating group) is 1. The average molecular weight is 300 g/mol. The predicted molar refractivity (Wildman–Crippen MR) is 81.0 cm³/mol. The molecular weight excluding hydrogens is 285 g/mol. The highest BCUT2D eigenvalue weighted by Gasteiger charge is 2.23. The van der Waals surface area contributed by atoms with E-state index in [1.807, 2.05) is 19.2 Å². The zero-order valence-corrected chi connectivity index (χ0v) is 12.6. The second kappa shape index (κ2) is 6.07. The molecular formula is C14H15Cl2NS. The van der Waals surface area contributed by atoms with Crippen molar-refractivity contribution in [3.63, 3.8) is 0 Å². The SMILES string of the molecule is CNC(c1cc(Cl)sc1Cl)C(C)c1ccccc1. The second-order valence-corrected chi connectivity index (χ2v) is 6.53. The van der Waals surface area contributed by atoms with Crippen LogP contribution in [-0.2, 0) is 0 Å². The molecule has 1 aromatic heterocycles. The summed E-state index contributed by atoms with van der Waals surface area (Å²) in [5.41, 5.74) is 2.36. The van der Waals surface area contributed by atoms with Crippen LogP contribution in [0.4, 0.5) is 0 Å². The lowest BCUT2D eigenvalue weighted by Crippen LogP contribution is -2.22. The summed E-state index contributed by atoms with van der Waals surface area (Å²) in [7, 11) is 1.95. The third kappa shape index (κ3) is 2.89. The quantitative estimate of drug-likeness (QED) is 0.826. The van der Waals surface area contributed by atoms with Crippen LogP contribution in [0.1, 0.15) is 30.0 Å². The molecule has 2 rings (SSSR count). The monoisotopic (exact) mass is 299 g/mol. The van der Waals surface area contributed by atoms with Crippen LogP contribution in [0.25, 0.3) is 0 Å². The number of thiophene rings is 1. The van der Waals surface area contributed by atoms with E-state index in [-0.39, 0.29) is 6.04 Å². The molecule has 1 N–H and O–H groups in total. The summed E-state index contributed by atoms with van der Waals surface area (Å²) in [5, 5.41) is 3.33. The summed E-state index contributed by atoms with van der Waals surface area (Å²) >= 11 is 13.7. The molecule has 0 bridgehead atoms. The maximum atomic E-state index is 6.24. The van der Waals surface area contributed by atoms with Gasteiger partial charge in [-0.1, -0.05) is 60.5 Å². The van der Waals surface area contributed by atoms with Gasteiger partial charge in [-0.15, -0.1) is 11.3 Å². The summed E-state index contributed by atoms with van der Waals surface area (Å²) in [6, 6.07) is 12.5. The minimum absolute atomic E-state index is 0.170. The summed E-state index contributed by atoms with van der Waals surface area (Å²) in [4.78, 5) is 0. The number of nitrogens with one attached hydrogen (secondary N) is 1. The van der Waals surface area contributed by atoms with E-state index in [1.54, 1.807) is 0 Å². The van der Waals surface area contributed by atoms with Crippen molar-refractivity contribution < 1.29 is 0 Å². The molecule has 0 saturated heterocycles. The molecule has 4 heteroatoms. The van der Waals surface area contributed by atoms with Gasteiger partial charge in [0.05, 0.1) is 8.67 Å². The Morgan fingerprint density at radius 2 is 1.83 bits per heavy atom. The maximum absolute atomic E-state index is 6.24. The van der Waals surface area contributed by atoms with Crippen LogP contribution in [0.5, 0.6) is 0 Å². The van der Waals surface area contributed by atoms with Gasteiger partial charge in [-0.25, -0.2) is 0 Å². The first-order chi connectivity index (χ1) is 8.63. The number of halogens is 2. The zero-order valence-electron chi connectivity index (χ0n) is 10.3. The first-order valence-electron chi connectivity index (χ1n) is 5.80. The summed E-state index contributed by atoms with van der Waals surface area (Å²) in [6.07, 6.45) is 0. The Labute approximate surface area is 122 Å². The van der Waals surface area contributed by atoms with Gasteiger partial charge in [-0.2, -0.15) is 0 Å². The Morgan fingerprint density at radius 1 is 1.17 bits per heavy atom. The van der Waals surface area contributed by atoms with Crippen LogP contribution >= 0.6 is 34.5 Å². The third-order valence-electron chi connectivity index (χ3n) is 3.15. The number of hydrogen-bond acceptors (Lipinski definition) is 2. The Morgan fingerprint density at radius 3 is 2.33 bits per heavy atom. The molecule has 0 aliphatic heterocycles. The Kier molecular flexibility index (Phi) is 4.68. The molecule has 1 heterocycles. The van der Waals surface area contributed by atoms with Gasteiger partial charge in [0.2, 0.25) is 0 Å². The van der Waals surface area contributed by atoms with E-state index in [9.17, 15) is 0 Å². The van der Waals surface area contributed by atoms with Crippen molar-refractivity contribution in [2.45, 2.75) is 18.9 Å². The highest BCUT2D eigenvalue weighted by molar-refractivity contribution is 7.20. The van der Waals surface area contributed by atoms with Crippen molar-refractivity contribution in [1.29, 1.82) is 0 Å². The lowest BCUT2D eigenvalue weighted by Gasteiger charge is -2.23. The van der Waals surface area contributed by atoms with Crippen LogP contribution in [0.3, 0.4) is 0 Å². The molecule has 0 spiro atoms. The fourth-order valence-electron chi connectivity index (χ4n) is 2.19. The molecule has 0 amide bonds. The number of benzene rings is 1. The molecule has 0 aliphatic carbocycles. The Balaban J connectivity index is 2.32. The molecule has 0 fully saturated rings. The zero-order chi connectivity index (χ0) is 13.1. The molecule has 18 heavy (non-hydrogen) atoms. The van der Waals surface area contributed by atoms with Crippen LogP contribution in [0, 0.1) is 0 Å². The molecule has 0 saturated carbocycles. The van der Waals surface area contributed by atoms with Gasteiger partial charge >= 0.3 is 0 Å². The average Bonchev–Trinajstić information content (AvgIpc) is 2.70. The van der Waals surface area contributed by atoms with Gasteiger partial charge in [0.25, 0.3) is 0 Å². The van der Waals surface area contributed by atoms with Gasteiger partial charge in [-0.3, -0.25) is 0 Å². The van der Waals surface area contributed by atoms with E-state index in [1.165, 1.54) is 16.9 Å². The molecule has 0 radical (unpaired) electrons. The summed E-state index contributed by atoms with van der Waals surface area (Å²) in [5.74, 6) is 0.333. The second-order valence-electron chi connectivity index (χ2n) is 4.25. The van der Waals surface area contributed by atoms with E-state index >= 15 is 0 Å². The van der Waals surface area contributed by atoms with Crippen molar-refractivity contribution in [1.82, 2.24) is 5.32 Å². The molecule has 2 aromatic rings. The molecule has 2 atom stereocenters. The van der Waals surface area contributed by atoms with E-state index in [0.29, 0.717) is 5.92 Å². The van der Waals surface area contributed by atoms with Crippen LogP contribution < -0.4 is 5.32 Å². The fraction of sp³-hybridized carbons (Fsp3) is 0.286. The Bertz CT molecular complexity index is 510.